The summed E-state index contributed by atoms with van der Waals surface area (Å²) in [4.78, 5) is 11.4. The molecule has 0 radical (unpaired) electrons. The summed E-state index contributed by atoms with van der Waals surface area (Å²) in [6.07, 6.45) is 0. The van der Waals surface area contributed by atoms with E-state index >= 15 is 0 Å². The summed E-state index contributed by atoms with van der Waals surface area (Å²) in [5.41, 5.74) is 8.42. The zero-order valence-corrected chi connectivity index (χ0v) is 11.5. The molecular formula is C16H17NO3. The third-order valence-corrected chi connectivity index (χ3v) is 3.21. The number of rotatable bonds is 4. The normalized spacial score (nSPS) is 10.3. The van der Waals surface area contributed by atoms with Crippen LogP contribution in [0.15, 0.2) is 36.4 Å². The van der Waals surface area contributed by atoms with Crippen LogP contribution in [0.4, 0.5) is 0 Å². The van der Waals surface area contributed by atoms with E-state index in [0.29, 0.717) is 11.3 Å². The molecule has 20 heavy (non-hydrogen) atoms. The summed E-state index contributed by atoms with van der Waals surface area (Å²) in [5.74, 6) is 0.403. The van der Waals surface area contributed by atoms with Gasteiger partial charge in [-0.15, -0.1) is 0 Å². The summed E-state index contributed by atoms with van der Waals surface area (Å²) in [6.45, 7) is 4.02. The van der Waals surface area contributed by atoms with Crippen LogP contribution < -0.4 is 10.5 Å². The van der Waals surface area contributed by atoms with Crippen molar-refractivity contribution in [3.63, 3.8) is 0 Å². The van der Waals surface area contributed by atoms with Crippen molar-refractivity contribution in [2.45, 2.75) is 20.5 Å². The number of carbonyl (C=O) groups is 1. The fourth-order valence-corrected chi connectivity index (χ4v) is 2.07. The van der Waals surface area contributed by atoms with Crippen molar-refractivity contribution in [2.75, 3.05) is 0 Å². The van der Waals surface area contributed by atoms with Gasteiger partial charge >= 0.3 is 0 Å². The Hall–Kier alpha value is -2.49. The molecule has 2 rings (SSSR count). The summed E-state index contributed by atoms with van der Waals surface area (Å²) in [5, 5.41) is 9.37. The Morgan fingerprint density at radius 3 is 2.60 bits per heavy atom. The van der Waals surface area contributed by atoms with Gasteiger partial charge < -0.3 is 15.6 Å². The summed E-state index contributed by atoms with van der Waals surface area (Å²) < 4.78 is 5.73. The highest BCUT2D eigenvalue weighted by molar-refractivity contribution is 5.94. The molecule has 0 atom stereocenters. The lowest BCUT2D eigenvalue weighted by Crippen LogP contribution is -2.15. The van der Waals surface area contributed by atoms with Crippen LogP contribution in [0.1, 0.15) is 27.0 Å². The minimum atomic E-state index is -0.463. The second kappa shape index (κ2) is 5.65. The Balaban J connectivity index is 2.25. The molecule has 2 aromatic rings. The van der Waals surface area contributed by atoms with Crippen LogP contribution in [0.3, 0.4) is 0 Å². The van der Waals surface area contributed by atoms with Crippen LogP contribution in [0.25, 0.3) is 0 Å². The number of aryl methyl sites for hydroxylation is 2. The first-order chi connectivity index (χ1) is 9.49. The second-order valence-electron chi connectivity index (χ2n) is 4.70. The number of phenolic OH excluding ortho intramolecular Hbond substituents is 1. The highest BCUT2D eigenvalue weighted by Gasteiger charge is 2.11. The molecule has 0 unspecified atom stereocenters. The Labute approximate surface area is 117 Å². The van der Waals surface area contributed by atoms with Gasteiger partial charge in [0.15, 0.2) is 0 Å². The first-order valence-electron chi connectivity index (χ1n) is 6.29. The van der Waals surface area contributed by atoms with Crippen LogP contribution in [-0.4, -0.2) is 11.0 Å². The van der Waals surface area contributed by atoms with E-state index in [1.165, 1.54) is 0 Å². The number of amides is 1. The summed E-state index contributed by atoms with van der Waals surface area (Å²) in [6, 6.07) is 10.3. The molecule has 0 aliphatic rings. The third-order valence-electron chi connectivity index (χ3n) is 3.21. The van der Waals surface area contributed by atoms with Gasteiger partial charge in [-0.3, -0.25) is 4.79 Å². The monoisotopic (exact) mass is 271 g/mol. The van der Waals surface area contributed by atoms with E-state index in [0.717, 1.165) is 16.7 Å². The average molecular weight is 271 g/mol. The van der Waals surface area contributed by atoms with Gasteiger partial charge in [0.1, 0.15) is 18.1 Å². The van der Waals surface area contributed by atoms with Crippen molar-refractivity contribution >= 4 is 5.91 Å². The maximum Gasteiger partial charge on any atom is 0.249 e. The van der Waals surface area contributed by atoms with E-state index in [-0.39, 0.29) is 12.4 Å². The topological polar surface area (TPSA) is 72.6 Å². The number of aromatic hydroxyl groups is 1. The summed E-state index contributed by atoms with van der Waals surface area (Å²) in [7, 11) is 0. The predicted octanol–water partition coefficient (Wildman–Crippen LogP) is 2.69. The van der Waals surface area contributed by atoms with Crippen molar-refractivity contribution in [1.82, 2.24) is 0 Å². The standard InChI is InChI=1S/C16H17NO3/c1-10-4-3-5-13(16(17)19)14(10)9-20-15-7-6-12(18)8-11(15)2/h3-8,18H,9H2,1-2H3,(H2,17,19). The number of phenols is 1. The number of carbonyl (C=O) groups excluding carboxylic acids is 1. The molecule has 0 fully saturated rings. The van der Waals surface area contributed by atoms with Crippen molar-refractivity contribution in [2.24, 2.45) is 5.73 Å². The van der Waals surface area contributed by atoms with E-state index in [1.54, 1.807) is 30.3 Å². The minimum absolute atomic E-state index is 0.198. The number of ether oxygens (including phenoxy) is 1. The molecule has 0 heterocycles. The van der Waals surface area contributed by atoms with Crippen molar-refractivity contribution in [3.8, 4) is 11.5 Å². The molecule has 1 amide bonds. The minimum Gasteiger partial charge on any atom is -0.508 e. The first kappa shape index (κ1) is 13.9. The molecule has 0 spiro atoms. The van der Waals surface area contributed by atoms with Crippen LogP contribution >= 0.6 is 0 Å². The Morgan fingerprint density at radius 2 is 1.95 bits per heavy atom. The van der Waals surface area contributed by atoms with Crippen molar-refractivity contribution < 1.29 is 14.6 Å². The molecule has 0 aliphatic heterocycles. The van der Waals surface area contributed by atoms with E-state index in [1.807, 2.05) is 19.9 Å². The molecule has 4 heteroatoms. The van der Waals surface area contributed by atoms with E-state index in [9.17, 15) is 9.90 Å². The van der Waals surface area contributed by atoms with Gasteiger partial charge in [0.2, 0.25) is 5.91 Å². The Kier molecular flexibility index (Phi) is 3.94. The van der Waals surface area contributed by atoms with Gasteiger partial charge in [-0.05, 0) is 49.2 Å². The number of nitrogens with two attached hydrogens (primary N) is 1. The predicted molar refractivity (Wildman–Crippen MR) is 76.9 cm³/mol. The van der Waals surface area contributed by atoms with E-state index < -0.39 is 5.91 Å². The fraction of sp³-hybridized carbons (Fsp3) is 0.188. The number of hydrogen-bond acceptors (Lipinski definition) is 3. The van der Waals surface area contributed by atoms with Crippen LogP contribution in [0.5, 0.6) is 11.5 Å². The van der Waals surface area contributed by atoms with Crippen LogP contribution in [-0.2, 0) is 6.61 Å². The maximum absolute atomic E-state index is 11.4. The van der Waals surface area contributed by atoms with Crippen molar-refractivity contribution in [3.05, 3.63) is 58.7 Å². The SMILES string of the molecule is Cc1cc(O)ccc1OCc1c(C)cccc1C(N)=O. The summed E-state index contributed by atoms with van der Waals surface area (Å²) >= 11 is 0. The first-order valence-corrected chi connectivity index (χ1v) is 6.29. The highest BCUT2D eigenvalue weighted by atomic mass is 16.5. The molecule has 4 nitrogen and oxygen atoms in total. The van der Waals surface area contributed by atoms with Gasteiger partial charge in [-0.1, -0.05) is 12.1 Å². The lowest BCUT2D eigenvalue weighted by molar-refractivity contribution is 0.0997. The molecule has 104 valence electrons. The van der Waals surface area contributed by atoms with E-state index in [4.69, 9.17) is 10.5 Å². The zero-order valence-electron chi connectivity index (χ0n) is 11.5. The van der Waals surface area contributed by atoms with Gasteiger partial charge in [0.05, 0.1) is 0 Å². The average Bonchev–Trinajstić information content (AvgIpc) is 2.38. The smallest absolute Gasteiger partial charge is 0.249 e. The largest absolute Gasteiger partial charge is 0.508 e. The number of benzene rings is 2. The third kappa shape index (κ3) is 2.91. The maximum atomic E-state index is 11.4. The second-order valence-corrected chi connectivity index (χ2v) is 4.70. The lowest BCUT2D eigenvalue weighted by atomic mass is 10.0. The van der Waals surface area contributed by atoms with Gasteiger partial charge in [0.25, 0.3) is 0 Å². The van der Waals surface area contributed by atoms with Crippen LogP contribution in [0.2, 0.25) is 0 Å². The van der Waals surface area contributed by atoms with E-state index in [2.05, 4.69) is 0 Å². The quantitative estimate of drug-likeness (QED) is 0.898. The van der Waals surface area contributed by atoms with Crippen molar-refractivity contribution in [1.29, 1.82) is 0 Å². The van der Waals surface area contributed by atoms with Gasteiger partial charge in [-0.2, -0.15) is 0 Å². The van der Waals surface area contributed by atoms with Gasteiger partial charge in [0, 0.05) is 11.1 Å². The number of hydrogen-bond donors (Lipinski definition) is 2. The number of primary amides is 1. The molecule has 0 bridgehead atoms. The molecule has 0 aliphatic carbocycles. The molecular weight excluding hydrogens is 254 g/mol. The molecule has 2 aromatic carbocycles. The zero-order chi connectivity index (χ0) is 14.7. The molecule has 0 aromatic heterocycles. The molecule has 0 saturated carbocycles. The molecule has 3 N–H and O–H groups in total. The van der Waals surface area contributed by atoms with Gasteiger partial charge in [-0.25, -0.2) is 0 Å². The molecule has 0 saturated heterocycles. The Bertz CT molecular complexity index is 650. The fourth-order valence-electron chi connectivity index (χ4n) is 2.07. The highest BCUT2D eigenvalue weighted by Crippen LogP contribution is 2.24. The lowest BCUT2D eigenvalue weighted by Gasteiger charge is -2.13. The van der Waals surface area contributed by atoms with Crippen LogP contribution in [0, 0.1) is 13.8 Å². The Morgan fingerprint density at radius 1 is 1.20 bits per heavy atom.